The molecule has 0 fully saturated rings. The fourth-order valence-corrected chi connectivity index (χ4v) is 1.89. The van der Waals surface area contributed by atoms with Crippen molar-refractivity contribution < 1.29 is 14.5 Å². The average Bonchev–Trinajstić information content (AvgIpc) is 2.20. The van der Waals surface area contributed by atoms with Crippen LogP contribution in [0.15, 0.2) is 10.9 Å². The maximum absolute atomic E-state index is 12.0. The van der Waals surface area contributed by atoms with Crippen LogP contribution in [-0.2, 0) is 16.1 Å². The van der Waals surface area contributed by atoms with Crippen molar-refractivity contribution in [3.05, 3.63) is 37.3 Å². The van der Waals surface area contributed by atoms with Crippen LogP contribution in [0.2, 0.25) is 5.02 Å². The Kier molecular flexibility index (Phi) is 4.54. The van der Waals surface area contributed by atoms with E-state index < -0.39 is 34.3 Å². The van der Waals surface area contributed by atoms with Crippen molar-refractivity contribution in [2.75, 3.05) is 0 Å². The second-order valence-corrected chi connectivity index (χ2v) is 5.62. The Labute approximate surface area is 120 Å². The van der Waals surface area contributed by atoms with E-state index >= 15 is 0 Å². The molecule has 0 saturated heterocycles. The van der Waals surface area contributed by atoms with Gasteiger partial charge >= 0.3 is 17.2 Å². The smallest absolute Gasteiger partial charge is 0.352 e. The van der Waals surface area contributed by atoms with Gasteiger partial charge < -0.3 is 4.74 Å². The summed E-state index contributed by atoms with van der Waals surface area (Å²) in [5, 5.41) is 10.6. The second kappa shape index (κ2) is 5.62. The van der Waals surface area contributed by atoms with Crippen LogP contribution in [0, 0.1) is 17.0 Å². The zero-order chi connectivity index (χ0) is 15.7. The van der Waals surface area contributed by atoms with Gasteiger partial charge in [0.1, 0.15) is 17.2 Å². The number of aryl methyl sites for hydroxylation is 1. The highest BCUT2D eigenvalue weighted by atomic mass is 35.5. The third kappa shape index (κ3) is 3.80. The van der Waals surface area contributed by atoms with E-state index in [0.717, 1.165) is 4.57 Å². The van der Waals surface area contributed by atoms with E-state index in [2.05, 4.69) is 0 Å². The van der Waals surface area contributed by atoms with Gasteiger partial charge in [-0.2, -0.15) is 0 Å². The van der Waals surface area contributed by atoms with Crippen molar-refractivity contribution >= 4 is 23.3 Å². The van der Waals surface area contributed by atoms with Gasteiger partial charge in [-0.3, -0.25) is 24.3 Å². The molecule has 20 heavy (non-hydrogen) atoms. The monoisotopic (exact) mass is 302 g/mol. The summed E-state index contributed by atoms with van der Waals surface area (Å²) in [6.45, 7) is 6.18. The number of rotatable bonds is 3. The van der Waals surface area contributed by atoms with Gasteiger partial charge in [0.2, 0.25) is 0 Å². The van der Waals surface area contributed by atoms with Crippen LogP contribution in [0.1, 0.15) is 26.5 Å². The molecule has 0 bridgehead atoms. The molecule has 0 saturated carbocycles. The summed E-state index contributed by atoms with van der Waals surface area (Å²) >= 11 is 5.67. The van der Waals surface area contributed by atoms with Gasteiger partial charge in [-0.25, -0.2) is 0 Å². The van der Waals surface area contributed by atoms with Gasteiger partial charge in [-0.1, -0.05) is 11.6 Å². The molecule has 0 unspecified atom stereocenters. The predicted octanol–water partition coefficient (Wildman–Crippen LogP) is 2.06. The van der Waals surface area contributed by atoms with Crippen LogP contribution in [0.3, 0.4) is 0 Å². The molecule has 1 heterocycles. The average molecular weight is 303 g/mol. The molecule has 0 N–H and O–H groups in total. The molecule has 7 nitrogen and oxygen atoms in total. The lowest BCUT2D eigenvalue weighted by molar-refractivity contribution is -0.386. The molecule has 0 aromatic carbocycles. The van der Waals surface area contributed by atoms with E-state index in [9.17, 15) is 19.7 Å². The molecule has 0 amide bonds. The number of ether oxygens (including phenoxy) is 1. The summed E-state index contributed by atoms with van der Waals surface area (Å²) in [4.78, 5) is 33.6. The van der Waals surface area contributed by atoms with Gasteiger partial charge in [0.15, 0.2) is 0 Å². The van der Waals surface area contributed by atoms with E-state index in [0.29, 0.717) is 5.69 Å². The van der Waals surface area contributed by atoms with E-state index in [4.69, 9.17) is 16.3 Å². The molecular formula is C12H15ClN2O5. The Morgan fingerprint density at radius 3 is 2.50 bits per heavy atom. The van der Waals surface area contributed by atoms with Crippen molar-refractivity contribution in [3.8, 4) is 0 Å². The number of nitrogens with zero attached hydrogens (tertiary/aromatic N) is 2. The zero-order valence-corrected chi connectivity index (χ0v) is 12.4. The lowest BCUT2D eigenvalue weighted by Gasteiger charge is -2.20. The molecule has 110 valence electrons. The largest absolute Gasteiger partial charge is 0.459 e. The number of carbonyl (C=O) groups excluding carboxylic acids is 1. The molecule has 0 aliphatic heterocycles. The number of carbonyl (C=O) groups is 1. The molecule has 0 atom stereocenters. The quantitative estimate of drug-likeness (QED) is 0.484. The third-order valence-corrected chi connectivity index (χ3v) is 2.61. The van der Waals surface area contributed by atoms with Crippen molar-refractivity contribution in [3.63, 3.8) is 0 Å². The minimum atomic E-state index is -0.925. The minimum absolute atomic E-state index is 0.252. The van der Waals surface area contributed by atoms with E-state index in [1.54, 1.807) is 20.8 Å². The van der Waals surface area contributed by atoms with Crippen LogP contribution in [-0.4, -0.2) is 21.1 Å². The molecule has 0 aliphatic carbocycles. The summed E-state index contributed by atoms with van der Waals surface area (Å²) in [6, 6.07) is 1.27. The highest BCUT2D eigenvalue weighted by molar-refractivity contribution is 6.32. The van der Waals surface area contributed by atoms with Crippen LogP contribution in [0.4, 0.5) is 5.69 Å². The molecule has 0 aliphatic rings. The number of nitro groups is 1. The van der Waals surface area contributed by atoms with Crippen molar-refractivity contribution in [2.45, 2.75) is 39.8 Å². The summed E-state index contributed by atoms with van der Waals surface area (Å²) in [6.07, 6.45) is 0. The number of esters is 1. The maximum atomic E-state index is 12.0. The van der Waals surface area contributed by atoms with Gasteiger partial charge in [-0.15, -0.1) is 0 Å². The third-order valence-electron chi connectivity index (χ3n) is 2.33. The Bertz CT molecular complexity index is 615. The van der Waals surface area contributed by atoms with E-state index in [-0.39, 0.29) is 5.02 Å². The standard InChI is InChI=1S/C12H15ClN2O5/c1-7-5-8(13)10(15(18)19)11(17)14(7)6-9(16)20-12(2,3)4/h5H,6H2,1-4H3. The topological polar surface area (TPSA) is 91.4 Å². The van der Waals surface area contributed by atoms with Gasteiger partial charge in [-0.05, 0) is 33.8 Å². The van der Waals surface area contributed by atoms with Gasteiger partial charge in [0.25, 0.3) is 0 Å². The van der Waals surface area contributed by atoms with Crippen molar-refractivity contribution in [1.29, 1.82) is 0 Å². The molecule has 1 rings (SSSR count). The molecule has 8 heteroatoms. The molecule has 1 aromatic heterocycles. The van der Waals surface area contributed by atoms with Crippen LogP contribution in [0.25, 0.3) is 0 Å². The first-order chi connectivity index (χ1) is 9.03. The molecule has 0 spiro atoms. The van der Waals surface area contributed by atoms with Gasteiger partial charge in [0, 0.05) is 5.69 Å². The fourth-order valence-electron chi connectivity index (χ4n) is 1.58. The Morgan fingerprint density at radius 2 is 2.05 bits per heavy atom. The van der Waals surface area contributed by atoms with E-state index in [1.165, 1.54) is 13.0 Å². The summed E-state index contributed by atoms with van der Waals surface area (Å²) in [5.74, 6) is -0.653. The number of halogens is 1. The Hall–Kier alpha value is -1.89. The maximum Gasteiger partial charge on any atom is 0.352 e. The zero-order valence-electron chi connectivity index (χ0n) is 11.6. The lowest BCUT2D eigenvalue weighted by atomic mass is 10.2. The van der Waals surface area contributed by atoms with E-state index in [1.807, 2.05) is 0 Å². The fraction of sp³-hybridized carbons (Fsp3) is 0.500. The highest BCUT2D eigenvalue weighted by Crippen LogP contribution is 2.20. The number of hydrogen-bond acceptors (Lipinski definition) is 5. The lowest BCUT2D eigenvalue weighted by Crippen LogP contribution is -2.32. The first kappa shape index (κ1) is 16.2. The highest BCUT2D eigenvalue weighted by Gasteiger charge is 2.24. The second-order valence-electron chi connectivity index (χ2n) is 5.22. The van der Waals surface area contributed by atoms with Gasteiger partial charge in [0.05, 0.1) is 4.92 Å². The van der Waals surface area contributed by atoms with Crippen molar-refractivity contribution in [2.24, 2.45) is 0 Å². The van der Waals surface area contributed by atoms with Crippen LogP contribution >= 0.6 is 11.6 Å². The number of pyridine rings is 1. The van der Waals surface area contributed by atoms with Crippen LogP contribution < -0.4 is 5.56 Å². The summed E-state index contributed by atoms with van der Waals surface area (Å²) in [5.41, 5.74) is -2.03. The number of aromatic nitrogens is 1. The van der Waals surface area contributed by atoms with Crippen molar-refractivity contribution in [1.82, 2.24) is 4.57 Å². The first-order valence-corrected chi connectivity index (χ1v) is 6.17. The number of hydrogen-bond donors (Lipinski definition) is 0. The van der Waals surface area contributed by atoms with Crippen LogP contribution in [0.5, 0.6) is 0 Å². The first-order valence-electron chi connectivity index (χ1n) is 5.79. The Morgan fingerprint density at radius 1 is 1.50 bits per heavy atom. The summed E-state index contributed by atoms with van der Waals surface area (Å²) in [7, 11) is 0. The molecular weight excluding hydrogens is 288 g/mol. The predicted molar refractivity (Wildman–Crippen MR) is 72.9 cm³/mol. The SMILES string of the molecule is Cc1cc(Cl)c([N+](=O)[O-])c(=O)n1CC(=O)OC(C)(C)C. The Balaban J connectivity index is 3.20. The molecule has 0 radical (unpaired) electrons. The molecule has 1 aromatic rings. The minimum Gasteiger partial charge on any atom is -0.459 e. The normalized spacial score (nSPS) is 11.2. The summed E-state index contributed by atoms with van der Waals surface area (Å²) < 4.78 is 6.05.